The van der Waals surface area contributed by atoms with E-state index in [4.69, 9.17) is 0 Å². The predicted octanol–water partition coefficient (Wildman–Crippen LogP) is 4.95. The molecule has 0 bridgehead atoms. The summed E-state index contributed by atoms with van der Waals surface area (Å²) in [5, 5.41) is 1.30. The van der Waals surface area contributed by atoms with E-state index in [1.807, 2.05) is 30.3 Å². The molecule has 0 saturated carbocycles. The lowest BCUT2D eigenvalue weighted by atomic mass is 9.91. The Balaban J connectivity index is 1.77. The molecular formula is C22H24N2O. The summed E-state index contributed by atoms with van der Waals surface area (Å²) in [5.41, 5.74) is 4.56. The van der Waals surface area contributed by atoms with Crippen LogP contribution in [0.4, 0.5) is 0 Å². The third-order valence-electron chi connectivity index (χ3n) is 5.14. The Bertz CT molecular complexity index is 895. The minimum atomic E-state index is 0.115. The SMILES string of the molecule is CC(C)CC1c2[nH]c3ccccc3c2CCN1C(=O)c1ccccc1. The van der Waals surface area contributed by atoms with E-state index >= 15 is 0 Å². The normalized spacial score (nSPS) is 17.1. The molecule has 3 nitrogen and oxygen atoms in total. The second kappa shape index (κ2) is 6.40. The van der Waals surface area contributed by atoms with Crippen molar-refractivity contribution in [1.29, 1.82) is 0 Å². The number of para-hydroxylation sites is 1. The van der Waals surface area contributed by atoms with E-state index < -0.39 is 0 Å². The number of fused-ring (bicyclic) bond motifs is 3. The number of hydrogen-bond acceptors (Lipinski definition) is 1. The monoisotopic (exact) mass is 332 g/mol. The van der Waals surface area contributed by atoms with Gasteiger partial charge in [-0.2, -0.15) is 0 Å². The molecule has 0 radical (unpaired) electrons. The number of aromatic nitrogens is 1. The van der Waals surface area contributed by atoms with Gasteiger partial charge in [0.15, 0.2) is 0 Å². The lowest BCUT2D eigenvalue weighted by molar-refractivity contribution is 0.0632. The molecule has 0 spiro atoms. The van der Waals surface area contributed by atoms with Crippen molar-refractivity contribution < 1.29 is 4.79 Å². The number of carbonyl (C=O) groups is 1. The molecule has 1 atom stereocenters. The van der Waals surface area contributed by atoms with Crippen LogP contribution in [0.5, 0.6) is 0 Å². The second-order valence-corrected chi connectivity index (χ2v) is 7.32. The number of H-pyrrole nitrogens is 1. The van der Waals surface area contributed by atoms with Crippen molar-refractivity contribution in [2.24, 2.45) is 5.92 Å². The number of hydrogen-bond donors (Lipinski definition) is 1. The van der Waals surface area contributed by atoms with Crippen LogP contribution in [0.15, 0.2) is 54.6 Å². The molecule has 1 unspecified atom stereocenters. The van der Waals surface area contributed by atoms with Crippen molar-refractivity contribution in [2.75, 3.05) is 6.54 Å². The second-order valence-electron chi connectivity index (χ2n) is 7.32. The summed E-state index contributed by atoms with van der Waals surface area (Å²) in [6, 6.07) is 18.2. The Labute approximate surface area is 148 Å². The third kappa shape index (κ3) is 2.84. The Kier molecular flexibility index (Phi) is 4.08. The van der Waals surface area contributed by atoms with E-state index in [0.717, 1.165) is 24.9 Å². The standard InChI is InChI=1S/C22H24N2O/c1-15(2)14-20-21-18(17-10-6-7-11-19(17)23-21)12-13-24(20)22(25)16-8-4-3-5-9-16/h3-11,15,20,23H,12-14H2,1-2H3. The highest BCUT2D eigenvalue weighted by molar-refractivity contribution is 5.95. The molecule has 0 aliphatic carbocycles. The summed E-state index contributed by atoms with van der Waals surface area (Å²) in [5.74, 6) is 0.656. The number of nitrogens with one attached hydrogen (secondary N) is 1. The lowest BCUT2D eigenvalue weighted by Crippen LogP contribution is -2.40. The molecule has 1 aliphatic heterocycles. The fraction of sp³-hybridized carbons (Fsp3) is 0.318. The molecule has 25 heavy (non-hydrogen) atoms. The van der Waals surface area contributed by atoms with Crippen LogP contribution in [-0.4, -0.2) is 22.3 Å². The van der Waals surface area contributed by atoms with E-state index in [-0.39, 0.29) is 11.9 Å². The Morgan fingerprint density at radius 2 is 1.84 bits per heavy atom. The molecule has 0 fully saturated rings. The minimum absolute atomic E-state index is 0.115. The highest BCUT2D eigenvalue weighted by atomic mass is 16.2. The summed E-state index contributed by atoms with van der Waals surface area (Å²) >= 11 is 0. The summed E-state index contributed by atoms with van der Waals surface area (Å²) in [4.78, 5) is 18.8. The van der Waals surface area contributed by atoms with E-state index in [1.54, 1.807) is 0 Å². The number of amides is 1. The zero-order valence-electron chi connectivity index (χ0n) is 14.8. The molecule has 128 valence electrons. The van der Waals surface area contributed by atoms with E-state index in [1.165, 1.54) is 22.2 Å². The largest absolute Gasteiger partial charge is 0.356 e. The number of carbonyl (C=O) groups excluding carboxylic acids is 1. The Morgan fingerprint density at radius 1 is 1.12 bits per heavy atom. The van der Waals surface area contributed by atoms with Crippen molar-refractivity contribution >= 4 is 16.8 Å². The number of aromatic amines is 1. The minimum Gasteiger partial charge on any atom is -0.356 e. The molecule has 3 aromatic rings. The molecular weight excluding hydrogens is 308 g/mol. The van der Waals surface area contributed by atoms with Crippen LogP contribution < -0.4 is 0 Å². The van der Waals surface area contributed by atoms with E-state index in [2.05, 4.69) is 48.0 Å². The van der Waals surface area contributed by atoms with Crippen molar-refractivity contribution in [3.63, 3.8) is 0 Å². The van der Waals surface area contributed by atoms with Crippen LogP contribution in [0.3, 0.4) is 0 Å². The summed E-state index contributed by atoms with van der Waals surface area (Å²) in [6.07, 6.45) is 1.88. The van der Waals surface area contributed by atoms with Crippen LogP contribution in [-0.2, 0) is 6.42 Å². The molecule has 1 aliphatic rings. The molecule has 0 saturated heterocycles. The maximum atomic E-state index is 13.1. The highest BCUT2D eigenvalue weighted by Gasteiger charge is 2.33. The smallest absolute Gasteiger partial charge is 0.254 e. The van der Waals surface area contributed by atoms with Gasteiger partial charge in [0.05, 0.1) is 6.04 Å². The van der Waals surface area contributed by atoms with E-state index in [9.17, 15) is 4.79 Å². The fourth-order valence-electron chi connectivity index (χ4n) is 4.00. The number of rotatable bonds is 3. The lowest BCUT2D eigenvalue weighted by Gasteiger charge is -2.37. The van der Waals surface area contributed by atoms with Gasteiger partial charge in [0.1, 0.15) is 0 Å². The van der Waals surface area contributed by atoms with Gasteiger partial charge in [0.2, 0.25) is 0 Å². The van der Waals surface area contributed by atoms with Crippen molar-refractivity contribution in [1.82, 2.24) is 9.88 Å². The van der Waals surface area contributed by atoms with Crippen molar-refractivity contribution in [3.05, 3.63) is 71.4 Å². The Morgan fingerprint density at radius 3 is 2.60 bits per heavy atom. The van der Waals surface area contributed by atoms with Crippen LogP contribution in [0.2, 0.25) is 0 Å². The molecule has 4 rings (SSSR count). The molecule has 3 heteroatoms. The van der Waals surface area contributed by atoms with Crippen LogP contribution in [0, 0.1) is 5.92 Å². The molecule has 2 heterocycles. The van der Waals surface area contributed by atoms with Gasteiger partial charge in [-0.15, -0.1) is 0 Å². The van der Waals surface area contributed by atoms with E-state index in [0.29, 0.717) is 5.92 Å². The predicted molar refractivity (Wildman–Crippen MR) is 102 cm³/mol. The molecule has 1 aromatic heterocycles. The number of nitrogens with zero attached hydrogens (tertiary/aromatic N) is 1. The third-order valence-corrected chi connectivity index (χ3v) is 5.14. The van der Waals surface area contributed by atoms with Gasteiger partial charge >= 0.3 is 0 Å². The summed E-state index contributed by atoms with van der Waals surface area (Å²) in [7, 11) is 0. The first-order chi connectivity index (χ1) is 12.1. The zero-order chi connectivity index (χ0) is 17.4. The van der Waals surface area contributed by atoms with Crippen LogP contribution in [0.1, 0.15) is 47.9 Å². The maximum Gasteiger partial charge on any atom is 0.254 e. The van der Waals surface area contributed by atoms with Gasteiger partial charge in [0, 0.05) is 28.7 Å². The van der Waals surface area contributed by atoms with Gasteiger partial charge < -0.3 is 9.88 Å². The summed E-state index contributed by atoms with van der Waals surface area (Å²) in [6.45, 7) is 5.23. The average molecular weight is 332 g/mol. The zero-order valence-corrected chi connectivity index (χ0v) is 14.8. The topological polar surface area (TPSA) is 36.1 Å². The van der Waals surface area contributed by atoms with Gasteiger partial charge in [-0.1, -0.05) is 50.2 Å². The van der Waals surface area contributed by atoms with Crippen LogP contribution >= 0.6 is 0 Å². The van der Waals surface area contributed by atoms with Gasteiger partial charge in [-0.3, -0.25) is 4.79 Å². The van der Waals surface area contributed by atoms with Gasteiger partial charge in [-0.25, -0.2) is 0 Å². The molecule has 1 amide bonds. The van der Waals surface area contributed by atoms with Crippen molar-refractivity contribution in [3.8, 4) is 0 Å². The first-order valence-corrected chi connectivity index (χ1v) is 9.10. The van der Waals surface area contributed by atoms with Crippen LogP contribution in [0.25, 0.3) is 10.9 Å². The fourth-order valence-corrected chi connectivity index (χ4v) is 4.00. The Hall–Kier alpha value is -2.55. The first-order valence-electron chi connectivity index (χ1n) is 9.10. The van der Waals surface area contributed by atoms with Gasteiger partial charge in [0.25, 0.3) is 5.91 Å². The number of benzene rings is 2. The maximum absolute atomic E-state index is 13.1. The van der Waals surface area contributed by atoms with Gasteiger partial charge in [-0.05, 0) is 42.5 Å². The molecule has 2 aromatic carbocycles. The highest BCUT2D eigenvalue weighted by Crippen LogP contribution is 2.38. The van der Waals surface area contributed by atoms with Crippen molar-refractivity contribution in [2.45, 2.75) is 32.7 Å². The first kappa shape index (κ1) is 15.9. The molecule has 1 N–H and O–H groups in total. The quantitative estimate of drug-likeness (QED) is 0.723. The average Bonchev–Trinajstić information content (AvgIpc) is 3.01. The summed E-state index contributed by atoms with van der Waals surface area (Å²) < 4.78 is 0.